The first-order valence-corrected chi connectivity index (χ1v) is 10.8. The summed E-state index contributed by atoms with van der Waals surface area (Å²) >= 11 is 0. The van der Waals surface area contributed by atoms with Gasteiger partial charge in [-0.1, -0.05) is 25.1 Å². The molecule has 31 heavy (non-hydrogen) atoms. The maximum Gasteiger partial charge on any atom is 0.251 e. The Morgan fingerprint density at radius 2 is 2.00 bits per heavy atom. The number of fused-ring (bicyclic) bond motifs is 1. The van der Waals surface area contributed by atoms with Crippen LogP contribution in [-0.2, 0) is 0 Å². The number of likely N-dealkylation sites (N-methyl/N-ethyl adjacent to an activating group) is 1. The third kappa shape index (κ3) is 4.70. The number of para-hydroxylation sites is 1. The number of aromatic nitrogens is 2. The molecule has 1 fully saturated rings. The summed E-state index contributed by atoms with van der Waals surface area (Å²) in [6, 6.07) is 9.82. The van der Waals surface area contributed by atoms with Crippen LogP contribution in [0.3, 0.4) is 0 Å². The molecule has 1 aliphatic heterocycles. The molecule has 0 radical (unpaired) electrons. The number of rotatable bonds is 8. The Bertz CT molecular complexity index is 978. The van der Waals surface area contributed by atoms with Gasteiger partial charge in [0.05, 0.1) is 18.2 Å². The van der Waals surface area contributed by atoms with Gasteiger partial charge < -0.3 is 20.2 Å². The number of primary amides is 1. The molecule has 1 atom stereocenters. The molecule has 1 amide bonds. The monoisotopic (exact) mass is 423 g/mol. The number of amides is 1. The largest absolute Gasteiger partial charge is 0.459 e. The first-order chi connectivity index (χ1) is 15.1. The third-order valence-electron chi connectivity index (χ3n) is 6.11. The highest BCUT2D eigenvalue weighted by Gasteiger charge is 2.27. The molecule has 2 aromatic heterocycles. The Hall–Kier alpha value is -2.97. The van der Waals surface area contributed by atoms with Gasteiger partial charge in [-0.25, -0.2) is 9.97 Å². The number of aliphatic hydroxyl groups is 1. The van der Waals surface area contributed by atoms with Crippen LogP contribution in [0.5, 0.6) is 0 Å². The highest BCUT2D eigenvalue weighted by Crippen LogP contribution is 2.30. The molecule has 0 saturated carbocycles. The van der Waals surface area contributed by atoms with Crippen LogP contribution in [0.2, 0.25) is 0 Å². The molecular weight excluding hydrogens is 394 g/mol. The second kappa shape index (κ2) is 9.45. The van der Waals surface area contributed by atoms with Crippen molar-refractivity contribution in [3.8, 4) is 0 Å². The molecule has 0 spiro atoms. The standard InChI is InChI=1S/C23H29N5O3/c1-2-27(19(15-29)21-11-17-5-3-4-6-20(17)31-21)14-16-7-9-28(10-8-16)23-25-12-18(13-26-23)22(24)30/h3-6,11-13,16,19,29H,2,7-10,14-15H2,1H3,(H2,24,30). The fraction of sp³-hybridized carbons (Fsp3) is 0.435. The van der Waals surface area contributed by atoms with E-state index in [0.717, 1.165) is 55.8 Å². The van der Waals surface area contributed by atoms with Gasteiger partial charge in [-0.05, 0) is 37.4 Å². The van der Waals surface area contributed by atoms with E-state index in [0.29, 0.717) is 17.4 Å². The van der Waals surface area contributed by atoms with Gasteiger partial charge in [0.25, 0.3) is 5.91 Å². The fourth-order valence-electron chi connectivity index (χ4n) is 4.29. The number of aliphatic hydroxyl groups excluding tert-OH is 1. The Labute approximate surface area is 181 Å². The van der Waals surface area contributed by atoms with E-state index >= 15 is 0 Å². The second-order valence-electron chi connectivity index (χ2n) is 8.04. The van der Waals surface area contributed by atoms with Crippen LogP contribution in [0.15, 0.2) is 47.1 Å². The Morgan fingerprint density at radius 3 is 2.61 bits per heavy atom. The lowest BCUT2D eigenvalue weighted by molar-refractivity contribution is 0.0930. The Morgan fingerprint density at radius 1 is 1.29 bits per heavy atom. The zero-order valence-corrected chi connectivity index (χ0v) is 17.8. The van der Waals surface area contributed by atoms with Crippen LogP contribution < -0.4 is 10.6 Å². The average Bonchev–Trinajstić information content (AvgIpc) is 3.23. The summed E-state index contributed by atoms with van der Waals surface area (Å²) in [7, 11) is 0. The maximum absolute atomic E-state index is 11.2. The molecule has 4 rings (SSSR count). The van der Waals surface area contributed by atoms with Crippen molar-refractivity contribution in [3.05, 3.63) is 54.0 Å². The van der Waals surface area contributed by atoms with Crippen LogP contribution in [0, 0.1) is 5.92 Å². The highest BCUT2D eigenvalue weighted by molar-refractivity contribution is 5.92. The van der Waals surface area contributed by atoms with Crippen LogP contribution in [-0.4, -0.2) is 58.7 Å². The van der Waals surface area contributed by atoms with Crippen molar-refractivity contribution in [2.75, 3.05) is 37.7 Å². The van der Waals surface area contributed by atoms with Crippen LogP contribution in [0.1, 0.15) is 41.9 Å². The number of hydrogen-bond donors (Lipinski definition) is 2. The van der Waals surface area contributed by atoms with E-state index in [1.165, 1.54) is 12.4 Å². The lowest BCUT2D eigenvalue weighted by Crippen LogP contribution is -2.41. The van der Waals surface area contributed by atoms with Gasteiger partial charge in [0, 0.05) is 37.4 Å². The van der Waals surface area contributed by atoms with Gasteiger partial charge in [0.2, 0.25) is 5.95 Å². The summed E-state index contributed by atoms with van der Waals surface area (Å²) in [6.45, 7) is 5.58. The van der Waals surface area contributed by atoms with E-state index in [1.807, 2.05) is 30.3 Å². The van der Waals surface area contributed by atoms with E-state index < -0.39 is 5.91 Å². The van der Waals surface area contributed by atoms with Gasteiger partial charge >= 0.3 is 0 Å². The second-order valence-corrected chi connectivity index (χ2v) is 8.04. The van der Waals surface area contributed by atoms with Crippen molar-refractivity contribution in [2.45, 2.75) is 25.8 Å². The minimum Gasteiger partial charge on any atom is -0.459 e. The number of nitrogens with two attached hydrogens (primary N) is 1. The molecule has 1 aromatic carbocycles. The molecule has 1 saturated heterocycles. The third-order valence-corrected chi connectivity index (χ3v) is 6.11. The predicted molar refractivity (Wildman–Crippen MR) is 119 cm³/mol. The summed E-state index contributed by atoms with van der Waals surface area (Å²) in [5, 5.41) is 11.2. The van der Waals surface area contributed by atoms with Crippen molar-refractivity contribution in [1.29, 1.82) is 0 Å². The predicted octanol–water partition coefficient (Wildman–Crippen LogP) is 2.59. The topological polar surface area (TPSA) is 109 Å². The van der Waals surface area contributed by atoms with Gasteiger partial charge in [0.1, 0.15) is 11.3 Å². The molecule has 8 heteroatoms. The lowest BCUT2D eigenvalue weighted by atomic mass is 9.95. The van der Waals surface area contributed by atoms with E-state index in [2.05, 4.69) is 26.7 Å². The average molecular weight is 424 g/mol. The molecule has 164 valence electrons. The Kier molecular flexibility index (Phi) is 6.48. The normalized spacial score (nSPS) is 16.2. The van der Waals surface area contributed by atoms with Crippen molar-refractivity contribution in [3.63, 3.8) is 0 Å². The van der Waals surface area contributed by atoms with Gasteiger partial charge in [-0.15, -0.1) is 0 Å². The Balaban J connectivity index is 1.38. The number of piperidine rings is 1. The minimum atomic E-state index is -0.521. The van der Waals surface area contributed by atoms with Crippen LogP contribution in [0.25, 0.3) is 11.0 Å². The molecule has 0 aliphatic carbocycles. The molecular formula is C23H29N5O3. The SMILES string of the molecule is CCN(CC1CCN(c2ncc(C(N)=O)cn2)CC1)C(CO)c1cc2ccccc2o1. The summed E-state index contributed by atoms with van der Waals surface area (Å²) in [5.41, 5.74) is 6.43. The van der Waals surface area contributed by atoms with E-state index in [4.69, 9.17) is 10.2 Å². The number of hydrogen-bond acceptors (Lipinski definition) is 7. The molecule has 8 nitrogen and oxygen atoms in total. The molecule has 0 bridgehead atoms. The quantitative estimate of drug-likeness (QED) is 0.573. The number of furan rings is 1. The molecule has 3 heterocycles. The number of carbonyl (C=O) groups is 1. The zero-order valence-electron chi connectivity index (χ0n) is 17.8. The minimum absolute atomic E-state index is 0.0204. The lowest BCUT2D eigenvalue weighted by Gasteiger charge is -2.36. The summed E-state index contributed by atoms with van der Waals surface area (Å²) in [4.78, 5) is 24.2. The van der Waals surface area contributed by atoms with Crippen molar-refractivity contribution < 1.29 is 14.3 Å². The first-order valence-electron chi connectivity index (χ1n) is 10.8. The highest BCUT2D eigenvalue weighted by atomic mass is 16.3. The van der Waals surface area contributed by atoms with Crippen molar-refractivity contribution in [2.24, 2.45) is 11.7 Å². The number of anilines is 1. The summed E-state index contributed by atoms with van der Waals surface area (Å²) in [6.07, 6.45) is 4.98. The van der Waals surface area contributed by atoms with E-state index in [-0.39, 0.29) is 12.6 Å². The van der Waals surface area contributed by atoms with Crippen molar-refractivity contribution in [1.82, 2.24) is 14.9 Å². The van der Waals surface area contributed by atoms with Gasteiger partial charge in [-0.2, -0.15) is 0 Å². The van der Waals surface area contributed by atoms with Crippen molar-refractivity contribution >= 4 is 22.8 Å². The molecule has 1 unspecified atom stereocenters. The van der Waals surface area contributed by atoms with E-state index in [1.54, 1.807) is 0 Å². The molecule has 1 aliphatic rings. The summed E-state index contributed by atoms with van der Waals surface area (Å²) in [5.74, 6) is 1.43. The molecule has 3 N–H and O–H groups in total. The molecule has 3 aromatic rings. The number of nitrogens with zero attached hydrogens (tertiary/aromatic N) is 4. The van der Waals surface area contributed by atoms with Crippen LogP contribution >= 0.6 is 0 Å². The maximum atomic E-state index is 11.2. The number of benzene rings is 1. The van der Waals surface area contributed by atoms with Gasteiger partial charge in [0.15, 0.2) is 0 Å². The first kappa shape index (κ1) is 21.3. The smallest absolute Gasteiger partial charge is 0.251 e. The number of carbonyl (C=O) groups excluding carboxylic acids is 1. The summed E-state index contributed by atoms with van der Waals surface area (Å²) < 4.78 is 6.04. The van der Waals surface area contributed by atoms with Gasteiger partial charge in [-0.3, -0.25) is 9.69 Å². The fourth-order valence-corrected chi connectivity index (χ4v) is 4.29. The van der Waals surface area contributed by atoms with Crippen LogP contribution in [0.4, 0.5) is 5.95 Å². The zero-order chi connectivity index (χ0) is 21.8. The van der Waals surface area contributed by atoms with E-state index in [9.17, 15) is 9.90 Å².